The van der Waals surface area contributed by atoms with Crippen molar-refractivity contribution >= 4 is 29.9 Å². The number of nitrogens with one attached hydrogen (secondary N) is 2. The first kappa shape index (κ1) is 27.0. The molecule has 1 aliphatic heterocycles. The van der Waals surface area contributed by atoms with Crippen LogP contribution in [0, 0.1) is 5.92 Å². The Labute approximate surface area is 200 Å². The zero-order chi connectivity index (χ0) is 20.7. The Balaban J connectivity index is 0.00000450. The minimum absolute atomic E-state index is 0. The third-order valence-corrected chi connectivity index (χ3v) is 5.54. The van der Waals surface area contributed by atoms with E-state index in [9.17, 15) is 0 Å². The number of aliphatic imine (C=N–C) groups is 1. The second-order valence-corrected chi connectivity index (χ2v) is 7.58. The summed E-state index contributed by atoms with van der Waals surface area (Å²) in [5.74, 6) is 2.59. The van der Waals surface area contributed by atoms with Crippen molar-refractivity contribution < 1.29 is 9.47 Å². The number of hydrogen-bond donors (Lipinski definition) is 2. The molecule has 0 saturated carbocycles. The van der Waals surface area contributed by atoms with Crippen molar-refractivity contribution in [2.75, 3.05) is 53.0 Å². The summed E-state index contributed by atoms with van der Waals surface area (Å²) >= 11 is 0. The highest BCUT2D eigenvalue weighted by molar-refractivity contribution is 14.0. The second kappa shape index (κ2) is 16.6. The molecule has 0 atom stereocenters. The third-order valence-electron chi connectivity index (χ3n) is 5.54. The molecule has 2 rings (SSSR count). The smallest absolute Gasteiger partial charge is 0.191 e. The molecule has 1 aliphatic rings. The van der Waals surface area contributed by atoms with Crippen molar-refractivity contribution in [1.29, 1.82) is 0 Å². The molecule has 7 heteroatoms. The predicted octanol–water partition coefficient (Wildman–Crippen LogP) is 3.90. The van der Waals surface area contributed by atoms with Crippen molar-refractivity contribution in [3.63, 3.8) is 0 Å². The first-order valence-corrected chi connectivity index (χ1v) is 11.2. The fraction of sp³-hybridized carbons (Fsp3) is 0.696. The van der Waals surface area contributed by atoms with Gasteiger partial charge in [0.1, 0.15) is 5.75 Å². The van der Waals surface area contributed by atoms with E-state index < -0.39 is 0 Å². The van der Waals surface area contributed by atoms with Crippen molar-refractivity contribution in [3.8, 4) is 5.75 Å². The summed E-state index contributed by atoms with van der Waals surface area (Å²) in [6.45, 7) is 12.0. The average molecular weight is 533 g/mol. The molecular weight excluding hydrogens is 491 g/mol. The standard InChI is InChI=1S/C23H40N4O2.HI/c1-4-27-16-12-20(13-17-27)11-15-25-23(24-14-6-18-29-5-2)26-19-21-7-9-22(28-3)10-8-21;/h7-10,20H,4-6,11-19H2,1-3H3,(H2,24,25,26);1H. The Kier molecular flexibility index (Phi) is 14.9. The number of hydrogen-bond acceptors (Lipinski definition) is 4. The highest BCUT2D eigenvalue weighted by Crippen LogP contribution is 2.19. The van der Waals surface area contributed by atoms with E-state index in [1.165, 1.54) is 44.5 Å². The van der Waals surface area contributed by atoms with E-state index in [1.807, 2.05) is 19.1 Å². The zero-order valence-electron chi connectivity index (χ0n) is 19.0. The lowest BCUT2D eigenvalue weighted by molar-refractivity contribution is 0.145. The summed E-state index contributed by atoms with van der Waals surface area (Å²) in [6, 6.07) is 8.10. The number of halogens is 1. The molecular formula is C23H41IN4O2. The quantitative estimate of drug-likeness (QED) is 0.185. The summed E-state index contributed by atoms with van der Waals surface area (Å²) in [6.07, 6.45) is 4.82. The van der Waals surface area contributed by atoms with Gasteiger partial charge in [-0.1, -0.05) is 19.1 Å². The van der Waals surface area contributed by atoms with Gasteiger partial charge in [0, 0.05) is 26.3 Å². The van der Waals surface area contributed by atoms with Crippen LogP contribution in [0.2, 0.25) is 0 Å². The molecule has 1 aromatic rings. The summed E-state index contributed by atoms with van der Waals surface area (Å²) < 4.78 is 10.7. The van der Waals surface area contributed by atoms with Gasteiger partial charge in [0.25, 0.3) is 0 Å². The molecule has 0 bridgehead atoms. The van der Waals surface area contributed by atoms with Crippen molar-refractivity contribution in [2.45, 2.75) is 46.1 Å². The zero-order valence-corrected chi connectivity index (χ0v) is 21.3. The Morgan fingerprint density at radius 3 is 2.43 bits per heavy atom. The summed E-state index contributed by atoms with van der Waals surface area (Å²) in [5.41, 5.74) is 1.17. The van der Waals surface area contributed by atoms with Gasteiger partial charge < -0.3 is 25.0 Å². The Bertz CT molecular complexity index is 575. The lowest BCUT2D eigenvalue weighted by atomic mass is 9.93. The fourth-order valence-corrected chi connectivity index (χ4v) is 3.59. The molecule has 1 saturated heterocycles. The van der Waals surface area contributed by atoms with Crippen molar-refractivity contribution in [1.82, 2.24) is 15.5 Å². The number of methoxy groups -OCH3 is 1. The summed E-state index contributed by atoms with van der Waals surface area (Å²) in [7, 11) is 1.69. The maximum atomic E-state index is 5.43. The predicted molar refractivity (Wildman–Crippen MR) is 136 cm³/mol. The highest BCUT2D eigenvalue weighted by Gasteiger charge is 2.17. The molecule has 30 heavy (non-hydrogen) atoms. The van der Waals surface area contributed by atoms with E-state index in [2.05, 4.69) is 34.6 Å². The second-order valence-electron chi connectivity index (χ2n) is 7.58. The van der Waals surface area contributed by atoms with Gasteiger partial charge >= 0.3 is 0 Å². The van der Waals surface area contributed by atoms with E-state index in [-0.39, 0.29) is 24.0 Å². The first-order valence-electron chi connectivity index (χ1n) is 11.2. The average Bonchev–Trinajstić information content (AvgIpc) is 2.77. The summed E-state index contributed by atoms with van der Waals surface area (Å²) in [4.78, 5) is 7.33. The lowest BCUT2D eigenvalue weighted by Crippen LogP contribution is -2.40. The van der Waals surface area contributed by atoms with Crippen LogP contribution in [0.1, 0.15) is 45.1 Å². The van der Waals surface area contributed by atoms with Crippen LogP contribution in [-0.2, 0) is 11.3 Å². The molecule has 0 unspecified atom stereocenters. The minimum Gasteiger partial charge on any atom is -0.497 e. The first-order chi connectivity index (χ1) is 14.2. The SMILES string of the molecule is CCOCCCNC(=NCc1ccc(OC)cc1)NCCC1CCN(CC)CC1.I. The van der Waals surface area contributed by atoms with E-state index >= 15 is 0 Å². The van der Waals surface area contributed by atoms with Crippen molar-refractivity contribution in [2.24, 2.45) is 10.9 Å². The molecule has 172 valence electrons. The van der Waals surface area contributed by atoms with Gasteiger partial charge in [-0.25, -0.2) is 4.99 Å². The molecule has 0 radical (unpaired) electrons. The maximum absolute atomic E-state index is 5.43. The lowest BCUT2D eigenvalue weighted by Gasteiger charge is -2.31. The normalized spacial score (nSPS) is 15.5. The van der Waals surface area contributed by atoms with Crippen LogP contribution in [0.3, 0.4) is 0 Å². The highest BCUT2D eigenvalue weighted by atomic mass is 127. The van der Waals surface area contributed by atoms with Crippen LogP contribution >= 0.6 is 24.0 Å². The van der Waals surface area contributed by atoms with E-state index in [0.29, 0.717) is 6.54 Å². The Hall–Kier alpha value is -1.06. The number of rotatable bonds is 12. The fourth-order valence-electron chi connectivity index (χ4n) is 3.59. The molecule has 0 aromatic heterocycles. The van der Waals surface area contributed by atoms with Crippen LogP contribution < -0.4 is 15.4 Å². The van der Waals surface area contributed by atoms with Gasteiger partial charge in [0.15, 0.2) is 5.96 Å². The molecule has 2 N–H and O–H groups in total. The van der Waals surface area contributed by atoms with Crippen LogP contribution in [0.4, 0.5) is 0 Å². The number of ether oxygens (including phenoxy) is 2. The van der Waals surface area contributed by atoms with Crippen molar-refractivity contribution in [3.05, 3.63) is 29.8 Å². The van der Waals surface area contributed by atoms with E-state index in [1.54, 1.807) is 7.11 Å². The Morgan fingerprint density at radius 2 is 1.80 bits per heavy atom. The molecule has 0 aliphatic carbocycles. The topological polar surface area (TPSA) is 58.1 Å². The molecule has 0 amide bonds. The third kappa shape index (κ3) is 10.8. The van der Waals surface area contributed by atoms with Gasteiger partial charge in [0.05, 0.1) is 13.7 Å². The minimum atomic E-state index is 0. The van der Waals surface area contributed by atoms with Crippen LogP contribution in [0.15, 0.2) is 29.3 Å². The molecule has 1 fully saturated rings. The van der Waals surface area contributed by atoms with Gasteiger partial charge in [0.2, 0.25) is 0 Å². The molecule has 0 spiro atoms. The van der Waals surface area contributed by atoms with Gasteiger partial charge in [-0.05, 0) is 75.9 Å². The molecule has 1 heterocycles. The number of piperidine rings is 1. The largest absolute Gasteiger partial charge is 0.497 e. The van der Waals surface area contributed by atoms with Gasteiger partial charge in [-0.15, -0.1) is 24.0 Å². The van der Waals surface area contributed by atoms with E-state index in [4.69, 9.17) is 14.5 Å². The monoisotopic (exact) mass is 532 g/mol. The van der Waals surface area contributed by atoms with Crippen LogP contribution in [0.25, 0.3) is 0 Å². The Morgan fingerprint density at radius 1 is 1.10 bits per heavy atom. The number of guanidine groups is 1. The van der Waals surface area contributed by atoms with Crippen LogP contribution in [-0.4, -0.2) is 63.9 Å². The number of nitrogens with zero attached hydrogens (tertiary/aromatic N) is 2. The molecule has 6 nitrogen and oxygen atoms in total. The summed E-state index contributed by atoms with van der Waals surface area (Å²) in [5, 5.41) is 6.99. The number of benzene rings is 1. The van der Waals surface area contributed by atoms with E-state index in [0.717, 1.165) is 50.4 Å². The maximum Gasteiger partial charge on any atom is 0.191 e. The van der Waals surface area contributed by atoms with Gasteiger partial charge in [-0.3, -0.25) is 0 Å². The van der Waals surface area contributed by atoms with Gasteiger partial charge in [-0.2, -0.15) is 0 Å². The molecule has 1 aromatic carbocycles. The number of likely N-dealkylation sites (tertiary alicyclic amines) is 1. The van der Waals surface area contributed by atoms with Crippen LogP contribution in [0.5, 0.6) is 5.75 Å².